The van der Waals surface area contributed by atoms with E-state index in [4.69, 9.17) is 0 Å². The standard InChI is InChI=1S/C21H41N5/c1-23-12-6-19(7-13-23)24(2)16-18-5-9-22-15-21(18)26-14-8-20(17-26)25-10-3-4-11-25/h18-22H,3-17H2,1-2H3. The Bertz CT molecular complexity index is 430. The van der Waals surface area contributed by atoms with Crippen LogP contribution in [0.5, 0.6) is 0 Å². The Balaban J connectivity index is 1.31. The van der Waals surface area contributed by atoms with Gasteiger partial charge in [0.05, 0.1) is 0 Å². The molecular weight excluding hydrogens is 322 g/mol. The fraction of sp³-hybridized carbons (Fsp3) is 1.00. The van der Waals surface area contributed by atoms with Crippen LogP contribution in [-0.2, 0) is 0 Å². The lowest BCUT2D eigenvalue weighted by atomic mass is 9.90. The van der Waals surface area contributed by atoms with Crippen LogP contribution in [0.4, 0.5) is 0 Å². The summed E-state index contributed by atoms with van der Waals surface area (Å²) in [5.41, 5.74) is 0. The second-order valence-corrected chi connectivity index (χ2v) is 9.47. The van der Waals surface area contributed by atoms with Gasteiger partial charge in [-0.1, -0.05) is 0 Å². The highest BCUT2D eigenvalue weighted by Crippen LogP contribution is 2.28. The maximum Gasteiger partial charge on any atom is 0.0262 e. The van der Waals surface area contributed by atoms with Crippen LogP contribution in [0, 0.1) is 5.92 Å². The molecule has 0 aromatic rings. The van der Waals surface area contributed by atoms with Crippen molar-refractivity contribution in [1.82, 2.24) is 24.9 Å². The highest BCUT2D eigenvalue weighted by Gasteiger charge is 2.37. The van der Waals surface area contributed by atoms with Crippen LogP contribution in [0.25, 0.3) is 0 Å². The Morgan fingerprint density at radius 1 is 0.923 bits per heavy atom. The van der Waals surface area contributed by atoms with Crippen LogP contribution in [0.3, 0.4) is 0 Å². The molecule has 4 fully saturated rings. The average molecular weight is 364 g/mol. The zero-order valence-electron chi connectivity index (χ0n) is 17.2. The van der Waals surface area contributed by atoms with E-state index in [1.165, 1.54) is 97.4 Å². The Hall–Kier alpha value is -0.200. The summed E-state index contributed by atoms with van der Waals surface area (Å²) in [5.74, 6) is 0.846. The molecule has 4 heterocycles. The third-order valence-corrected chi connectivity index (χ3v) is 7.74. The van der Waals surface area contributed by atoms with E-state index < -0.39 is 0 Å². The lowest BCUT2D eigenvalue weighted by molar-refractivity contribution is 0.0744. The predicted octanol–water partition coefficient (Wildman–Crippen LogP) is 1.16. The molecule has 0 aromatic heterocycles. The van der Waals surface area contributed by atoms with Crippen molar-refractivity contribution < 1.29 is 0 Å². The van der Waals surface area contributed by atoms with Gasteiger partial charge in [0, 0.05) is 44.3 Å². The van der Waals surface area contributed by atoms with Crippen LogP contribution in [-0.4, -0.2) is 111 Å². The van der Waals surface area contributed by atoms with E-state index in [1.54, 1.807) is 0 Å². The Labute approximate surface area is 161 Å². The smallest absolute Gasteiger partial charge is 0.0262 e. The third kappa shape index (κ3) is 4.44. The number of rotatable bonds is 5. The fourth-order valence-corrected chi connectivity index (χ4v) is 5.97. The van der Waals surface area contributed by atoms with Gasteiger partial charge in [-0.25, -0.2) is 0 Å². The molecule has 0 spiro atoms. The van der Waals surface area contributed by atoms with Gasteiger partial charge in [0.15, 0.2) is 0 Å². The maximum absolute atomic E-state index is 3.70. The molecule has 4 rings (SSSR count). The molecule has 5 nitrogen and oxygen atoms in total. The van der Waals surface area contributed by atoms with Gasteiger partial charge in [-0.2, -0.15) is 0 Å². The Morgan fingerprint density at radius 3 is 2.46 bits per heavy atom. The first-order valence-electron chi connectivity index (χ1n) is 11.3. The molecule has 4 aliphatic heterocycles. The topological polar surface area (TPSA) is 25.0 Å². The molecule has 150 valence electrons. The quantitative estimate of drug-likeness (QED) is 0.790. The summed E-state index contributed by atoms with van der Waals surface area (Å²) in [4.78, 5) is 10.8. The number of likely N-dealkylation sites (tertiary alicyclic amines) is 3. The molecule has 0 bridgehead atoms. The van der Waals surface area contributed by atoms with Crippen molar-refractivity contribution in [3.05, 3.63) is 0 Å². The van der Waals surface area contributed by atoms with E-state index in [-0.39, 0.29) is 0 Å². The van der Waals surface area contributed by atoms with E-state index in [0.717, 1.165) is 24.0 Å². The van der Waals surface area contributed by atoms with E-state index >= 15 is 0 Å². The van der Waals surface area contributed by atoms with Crippen molar-refractivity contribution >= 4 is 0 Å². The van der Waals surface area contributed by atoms with Crippen molar-refractivity contribution in [1.29, 1.82) is 0 Å². The van der Waals surface area contributed by atoms with Crippen molar-refractivity contribution in [3.63, 3.8) is 0 Å². The molecular formula is C21H41N5. The van der Waals surface area contributed by atoms with E-state index in [2.05, 4.69) is 39.0 Å². The van der Waals surface area contributed by atoms with Crippen LogP contribution >= 0.6 is 0 Å². The Morgan fingerprint density at radius 2 is 1.69 bits per heavy atom. The first-order chi connectivity index (χ1) is 12.7. The molecule has 3 atom stereocenters. The third-order valence-electron chi connectivity index (χ3n) is 7.74. The van der Waals surface area contributed by atoms with Crippen molar-refractivity contribution in [2.75, 3.05) is 73.0 Å². The van der Waals surface area contributed by atoms with Gasteiger partial charge in [0.1, 0.15) is 0 Å². The zero-order chi connectivity index (χ0) is 17.9. The van der Waals surface area contributed by atoms with E-state index in [9.17, 15) is 0 Å². The fourth-order valence-electron chi connectivity index (χ4n) is 5.97. The van der Waals surface area contributed by atoms with Gasteiger partial charge in [-0.15, -0.1) is 0 Å². The normalized spacial score (nSPS) is 36.3. The molecule has 1 N–H and O–H groups in total. The molecule has 0 saturated carbocycles. The molecule has 4 aliphatic rings. The number of nitrogens with one attached hydrogen (secondary N) is 1. The SMILES string of the molecule is CN1CCC(N(C)CC2CCNCC2N2CCC(N3CCCC3)C2)CC1. The first-order valence-corrected chi connectivity index (χ1v) is 11.3. The number of nitrogens with zero attached hydrogens (tertiary/aromatic N) is 4. The lowest BCUT2D eigenvalue weighted by Gasteiger charge is -2.43. The molecule has 4 saturated heterocycles. The van der Waals surface area contributed by atoms with Crippen LogP contribution < -0.4 is 5.32 Å². The van der Waals surface area contributed by atoms with Gasteiger partial charge < -0.3 is 15.1 Å². The molecule has 0 radical (unpaired) electrons. The molecule has 0 amide bonds. The van der Waals surface area contributed by atoms with Gasteiger partial charge in [0.25, 0.3) is 0 Å². The number of hydrogen-bond donors (Lipinski definition) is 1. The highest BCUT2D eigenvalue weighted by molar-refractivity contribution is 4.94. The maximum atomic E-state index is 3.70. The number of piperidine rings is 2. The number of hydrogen-bond acceptors (Lipinski definition) is 5. The minimum atomic E-state index is 0.755. The molecule has 26 heavy (non-hydrogen) atoms. The summed E-state index contributed by atoms with van der Waals surface area (Å²) in [6.45, 7) is 11.6. The summed E-state index contributed by atoms with van der Waals surface area (Å²) in [6.07, 6.45) is 8.30. The van der Waals surface area contributed by atoms with Gasteiger partial charge in [-0.05, 0) is 91.3 Å². The molecule has 0 aromatic carbocycles. The van der Waals surface area contributed by atoms with Crippen LogP contribution in [0.15, 0.2) is 0 Å². The summed E-state index contributed by atoms with van der Waals surface area (Å²) in [7, 11) is 4.66. The van der Waals surface area contributed by atoms with Crippen molar-refractivity contribution in [3.8, 4) is 0 Å². The summed E-state index contributed by atoms with van der Waals surface area (Å²) >= 11 is 0. The van der Waals surface area contributed by atoms with Crippen molar-refractivity contribution in [2.24, 2.45) is 5.92 Å². The summed E-state index contributed by atoms with van der Waals surface area (Å²) < 4.78 is 0. The largest absolute Gasteiger partial charge is 0.315 e. The second-order valence-electron chi connectivity index (χ2n) is 9.47. The lowest BCUT2D eigenvalue weighted by Crippen LogP contribution is -2.55. The van der Waals surface area contributed by atoms with Crippen LogP contribution in [0.1, 0.15) is 38.5 Å². The van der Waals surface area contributed by atoms with E-state index in [1.807, 2.05) is 0 Å². The van der Waals surface area contributed by atoms with Gasteiger partial charge in [-0.3, -0.25) is 9.80 Å². The Kier molecular flexibility index (Phi) is 6.53. The molecule has 3 unspecified atom stereocenters. The van der Waals surface area contributed by atoms with Gasteiger partial charge in [0.2, 0.25) is 0 Å². The molecule has 5 heteroatoms. The van der Waals surface area contributed by atoms with Crippen LogP contribution in [0.2, 0.25) is 0 Å². The summed E-state index contributed by atoms with van der Waals surface area (Å²) in [5, 5.41) is 3.70. The monoisotopic (exact) mass is 363 g/mol. The zero-order valence-corrected chi connectivity index (χ0v) is 17.2. The van der Waals surface area contributed by atoms with Gasteiger partial charge >= 0.3 is 0 Å². The molecule has 0 aliphatic carbocycles. The van der Waals surface area contributed by atoms with Crippen molar-refractivity contribution in [2.45, 2.75) is 56.7 Å². The minimum absolute atomic E-state index is 0.755. The minimum Gasteiger partial charge on any atom is -0.315 e. The predicted molar refractivity (Wildman–Crippen MR) is 109 cm³/mol. The average Bonchev–Trinajstić information content (AvgIpc) is 3.34. The highest BCUT2D eigenvalue weighted by atomic mass is 15.3. The van der Waals surface area contributed by atoms with E-state index in [0.29, 0.717) is 0 Å². The second kappa shape index (κ2) is 8.87. The first kappa shape index (κ1) is 19.1. The summed E-state index contributed by atoms with van der Waals surface area (Å²) in [6, 6.07) is 2.40.